The lowest BCUT2D eigenvalue weighted by Crippen LogP contribution is -2.46. The number of aliphatic carboxylic acids is 1. The average molecular weight is 372 g/mol. The van der Waals surface area contributed by atoms with Crippen LogP contribution >= 0.6 is 11.3 Å². The van der Waals surface area contributed by atoms with Crippen molar-refractivity contribution in [3.05, 3.63) is 52.2 Å². The Hall–Kier alpha value is -2.38. The fourth-order valence-corrected chi connectivity index (χ4v) is 4.56. The first kappa shape index (κ1) is 17.1. The molecule has 136 valence electrons. The fourth-order valence-electron chi connectivity index (χ4n) is 3.91. The van der Waals surface area contributed by atoms with Gasteiger partial charge in [0, 0.05) is 23.9 Å². The molecule has 4 rings (SSSR count). The van der Waals surface area contributed by atoms with Gasteiger partial charge in [0.05, 0.1) is 13.1 Å². The molecule has 0 radical (unpaired) electrons. The van der Waals surface area contributed by atoms with Gasteiger partial charge < -0.3 is 15.2 Å². The third kappa shape index (κ3) is 2.97. The Kier molecular flexibility index (Phi) is 4.42. The molecule has 2 aliphatic rings. The molecule has 7 heteroatoms. The van der Waals surface area contributed by atoms with E-state index in [1.807, 2.05) is 46.7 Å². The number of benzene rings is 1. The van der Waals surface area contributed by atoms with E-state index in [4.69, 9.17) is 4.74 Å². The molecule has 0 saturated carbocycles. The molecule has 1 aromatic carbocycles. The van der Waals surface area contributed by atoms with Crippen LogP contribution in [-0.2, 0) is 16.1 Å². The van der Waals surface area contributed by atoms with Crippen LogP contribution in [0.5, 0.6) is 5.75 Å². The minimum atomic E-state index is -0.998. The van der Waals surface area contributed by atoms with Gasteiger partial charge in [-0.2, -0.15) is 0 Å². The number of carboxylic acids is 1. The van der Waals surface area contributed by atoms with Crippen LogP contribution in [-0.4, -0.2) is 48.1 Å². The van der Waals surface area contributed by atoms with Crippen LogP contribution in [0.25, 0.3) is 0 Å². The number of hydrogen-bond donors (Lipinski definition) is 2. The summed E-state index contributed by atoms with van der Waals surface area (Å²) in [6.07, 6.45) is 0. The highest BCUT2D eigenvalue weighted by molar-refractivity contribution is 7.09. The van der Waals surface area contributed by atoms with Gasteiger partial charge in [-0.3, -0.25) is 14.5 Å². The van der Waals surface area contributed by atoms with E-state index in [2.05, 4.69) is 5.32 Å². The second kappa shape index (κ2) is 6.74. The summed E-state index contributed by atoms with van der Waals surface area (Å²) in [5.41, 5.74) is -0.0785. The molecule has 2 aromatic rings. The second-order valence-electron chi connectivity index (χ2n) is 6.87. The Labute approximate surface area is 155 Å². The first-order valence-electron chi connectivity index (χ1n) is 8.55. The third-order valence-corrected chi connectivity index (χ3v) is 6.10. The SMILES string of the molecule is O=C(CN1CC2c3ccccc3OCC2(C(=O)O)C1)NCc1cccs1. The zero-order valence-electron chi connectivity index (χ0n) is 14.2. The third-order valence-electron chi connectivity index (χ3n) is 5.23. The van der Waals surface area contributed by atoms with Crippen LogP contribution in [0.3, 0.4) is 0 Å². The van der Waals surface area contributed by atoms with Gasteiger partial charge in [-0.25, -0.2) is 0 Å². The summed E-state index contributed by atoms with van der Waals surface area (Å²) >= 11 is 1.60. The fraction of sp³-hybridized carbons (Fsp3) is 0.368. The molecule has 2 atom stereocenters. The molecule has 6 nitrogen and oxygen atoms in total. The molecule has 2 N–H and O–H groups in total. The van der Waals surface area contributed by atoms with Crippen molar-refractivity contribution in [1.29, 1.82) is 0 Å². The summed E-state index contributed by atoms with van der Waals surface area (Å²) in [4.78, 5) is 27.4. The van der Waals surface area contributed by atoms with Gasteiger partial charge >= 0.3 is 5.97 Å². The summed E-state index contributed by atoms with van der Waals surface area (Å²) < 4.78 is 5.75. The van der Waals surface area contributed by atoms with Crippen LogP contribution in [0.2, 0.25) is 0 Å². The number of amides is 1. The smallest absolute Gasteiger partial charge is 0.315 e. The normalized spacial score (nSPS) is 24.4. The van der Waals surface area contributed by atoms with E-state index in [0.29, 0.717) is 19.6 Å². The number of rotatable bonds is 5. The van der Waals surface area contributed by atoms with Crippen LogP contribution in [0, 0.1) is 5.41 Å². The van der Waals surface area contributed by atoms with Gasteiger partial charge in [-0.05, 0) is 23.1 Å². The van der Waals surface area contributed by atoms with Gasteiger partial charge in [0.15, 0.2) is 0 Å². The molecule has 1 fully saturated rings. The van der Waals surface area contributed by atoms with E-state index in [0.717, 1.165) is 16.2 Å². The monoisotopic (exact) mass is 372 g/mol. The first-order chi connectivity index (χ1) is 12.6. The second-order valence-corrected chi connectivity index (χ2v) is 7.90. The van der Waals surface area contributed by atoms with E-state index >= 15 is 0 Å². The summed E-state index contributed by atoms with van der Waals surface area (Å²) in [6.45, 7) is 1.69. The van der Waals surface area contributed by atoms with Crippen molar-refractivity contribution in [3.8, 4) is 5.75 Å². The average Bonchev–Trinajstić information content (AvgIpc) is 3.28. The van der Waals surface area contributed by atoms with Crippen LogP contribution < -0.4 is 10.1 Å². The molecule has 1 saturated heterocycles. The van der Waals surface area contributed by atoms with E-state index in [1.165, 1.54) is 0 Å². The zero-order chi connectivity index (χ0) is 18.1. The van der Waals surface area contributed by atoms with Gasteiger partial charge in [0.25, 0.3) is 0 Å². The summed E-state index contributed by atoms with van der Waals surface area (Å²) in [6, 6.07) is 11.5. The minimum Gasteiger partial charge on any atom is -0.492 e. The molecule has 2 unspecified atom stereocenters. The molecule has 0 spiro atoms. The number of para-hydroxylation sites is 1. The van der Waals surface area contributed by atoms with Crippen LogP contribution in [0.1, 0.15) is 16.4 Å². The van der Waals surface area contributed by atoms with Crippen molar-refractivity contribution in [1.82, 2.24) is 10.2 Å². The lowest BCUT2D eigenvalue weighted by molar-refractivity contribution is -0.152. The Bertz CT molecular complexity index is 823. The standard InChI is InChI=1S/C19H20N2O4S/c22-17(20-8-13-4-3-7-26-13)10-21-9-15-14-5-1-2-6-16(14)25-12-19(15,11-21)18(23)24/h1-7,15H,8-12H2,(H,20,22)(H,23,24). The Morgan fingerprint density at radius 3 is 2.92 bits per heavy atom. The van der Waals surface area contributed by atoms with Gasteiger partial charge in [0.2, 0.25) is 5.91 Å². The number of fused-ring (bicyclic) bond motifs is 3. The Morgan fingerprint density at radius 2 is 2.15 bits per heavy atom. The van der Waals surface area contributed by atoms with Crippen molar-refractivity contribution in [2.45, 2.75) is 12.5 Å². The quantitative estimate of drug-likeness (QED) is 0.838. The highest BCUT2D eigenvalue weighted by atomic mass is 32.1. The summed E-state index contributed by atoms with van der Waals surface area (Å²) in [5.74, 6) is -0.376. The molecular formula is C19H20N2O4S. The molecule has 3 heterocycles. The number of carbonyl (C=O) groups excluding carboxylic acids is 1. The van der Waals surface area contributed by atoms with Gasteiger partial charge in [0.1, 0.15) is 17.8 Å². The Balaban J connectivity index is 1.47. The van der Waals surface area contributed by atoms with Crippen molar-refractivity contribution < 1.29 is 19.4 Å². The number of nitrogens with zero attached hydrogens (tertiary/aromatic N) is 1. The van der Waals surface area contributed by atoms with E-state index in [-0.39, 0.29) is 25.0 Å². The maximum absolute atomic E-state index is 12.3. The maximum Gasteiger partial charge on any atom is 0.315 e. The van der Waals surface area contributed by atoms with Crippen molar-refractivity contribution in [3.63, 3.8) is 0 Å². The zero-order valence-corrected chi connectivity index (χ0v) is 15.0. The van der Waals surface area contributed by atoms with Crippen molar-refractivity contribution >= 4 is 23.2 Å². The van der Waals surface area contributed by atoms with Crippen molar-refractivity contribution in [2.24, 2.45) is 5.41 Å². The molecule has 0 bridgehead atoms. The lowest BCUT2D eigenvalue weighted by Gasteiger charge is -2.35. The maximum atomic E-state index is 12.3. The van der Waals surface area contributed by atoms with E-state index in [9.17, 15) is 14.7 Å². The van der Waals surface area contributed by atoms with E-state index in [1.54, 1.807) is 11.3 Å². The molecule has 2 aliphatic heterocycles. The van der Waals surface area contributed by atoms with Crippen LogP contribution in [0.4, 0.5) is 0 Å². The number of carbonyl (C=O) groups is 2. The summed E-state index contributed by atoms with van der Waals surface area (Å²) in [5, 5.41) is 14.8. The first-order valence-corrected chi connectivity index (χ1v) is 9.43. The number of carboxylic acid groups (broad SMARTS) is 1. The lowest BCUT2D eigenvalue weighted by atomic mass is 9.73. The molecule has 1 amide bonds. The molecule has 0 aliphatic carbocycles. The van der Waals surface area contributed by atoms with Crippen molar-refractivity contribution in [2.75, 3.05) is 26.2 Å². The van der Waals surface area contributed by atoms with Crippen LogP contribution in [0.15, 0.2) is 41.8 Å². The minimum absolute atomic E-state index is 0.0909. The number of nitrogens with one attached hydrogen (secondary N) is 1. The number of ether oxygens (including phenoxy) is 1. The highest BCUT2D eigenvalue weighted by Gasteiger charge is 2.56. The topological polar surface area (TPSA) is 78.9 Å². The molecular weight excluding hydrogens is 352 g/mol. The molecule has 1 aromatic heterocycles. The summed E-state index contributed by atoms with van der Waals surface area (Å²) in [7, 11) is 0. The molecule has 26 heavy (non-hydrogen) atoms. The number of hydrogen-bond acceptors (Lipinski definition) is 5. The number of thiophene rings is 1. The number of likely N-dealkylation sites (tertiary alicyclic amines) is 1. The van der Waals surface area contributed by atoms with Gasteiger partial charge in [-0.1, -0.05) is 24.3 Å². The predicted molar refractivity (Wildman–Crippen MR) is 97.4 cm³/mol. The van der Waals surface area contributed by atoms with Gasteiger partial charge in [-0.15, -0.1) is 11.3 Å². The highest BCUT2D eigenvalue weighted by Crippen LogP contribution is 2.49. The van der Waals surface area contributed by atoms with E-state index < -0.39 is 11.4 Å². The predicted octanol–water partition coefficient (Wildman–Crippen LogP) is 1.93. The largest absolute Gasteiger partial charge is 0.492 e. The Morgan fingerprint density at radius 1 is 1.31 bits per heavy atom.